The predicted molar refractivity (Wildman–Crippen MR) is 46.9 cm³/mol. The summed E-state index contributed by atoms with van der Waals surface area (Å²) in [6.45, 7) is 0.240. The Morgan fingerprint density at radius 3 is 2.67 bits per heavy atom. The summed E-state index contributed by atoms with van der Waals surface area (Å²) >= 11 is 0. The van der Waals surface area contributed by atoms with Crippen LogP contribution in [-0.2, 0) is 5.41 Å². The smallest absolute Gasteiger partial charge is 0.0543 e. The first-order valence-corrected chi connectivity index (χ1v) is 4.40. The van der Waals surface area contributed by atoms with Crippen molar-refractivity contribution in [2.45, 2.75) is 24.7 Å². The fraction of sp³-hybridized carbons (Fsp3) is 0.500. The molecule has 2 nitrogen and oxygen atoms in total. The summed E-state index contributed by atoms with van der Waals surface area (Å²) in [6, 6.07) is 5.90. The number of pyridine rings is 1. The van der Waals surface area contributed by atoms with Gasteiger partial charge in [0.2, 0.25) is 0 Å². The second kappa shape index (κ2) is 2.87. The topological polar surface area (TPSA) is 33.1 Å². The molecule has 0 aliphatic heterocycles. The van der Waals surface area contributed by atoms with E-state index in [0.29, 0.717) is 0 Å². The molecule has 0 spiro atoms. The van der Waals surface area contributed by atoms with Gasteiger partial charge in [0.15, 0.2) is 0 Å². The summed E-state index contributed by atoms with van der Waals surface area (Å²) in [4.78, 5) is 4.28. The van der Waals surface area contributed by atoms with Gasteiger partial charge in [-0.05, 0) is 25.0 Å². The van der Waals surface area contributed by atoms with Crippen molar-refractivity contribution in [2.24, 2.45) is 0 Å². The zero-order valence-electron chi connectivity index (χ0n) is 7.03. The van der Waals surface area contributed by atoms with E-state index in [2.05, 4.69) is 4.98 Å². The third kappa shape index (κ3) is 1.03. The largest absolute Gasteiger partial charge is 0.395 e. The van der Waals surface area contributed by atoms with Gasteiger partial charge >= 0.3 is 0 Å². The van der Waals surface area contributed by atoms with Gasteiger partial charge in [-0.25, -0.2) is 0 Å². The Labute approximate surface area is 72.3 Å². The lowest BCUT2D eigenvalue weighted by molar-refractivity contribution is 0.116. The molecule has 0 radical (unpaired) electrons. The molecule has 12 heavy (non-hydrogen) atoms. The quantitative estimate of drug-likeness (QED) is 0.716. The molecule has 0 aromatic carbocycles. The van der Waals surface area contributed by atoms with Crippen LogP contribution >= 0.6 is 0 Å². The predicted octanol–water partition coefficient (Wildman–Crippen LogP) is 1.50. The molecule has 1 aliphatic carbocycles. The van der Waals surface area contributed by atoms with E-state index < -0.39 is 0 Å². The first-order valence-electron chi connectivity index (χ1n) is 4.40. The molecule has 2 heteroatoms. The Kier molecular flexibility index (Phi) is 1.85. The molecule has 1 heterocycles. The van der Waals surface area contributed by atoms with Crippen LogP contribution in [0, 0.1) is 0 Å². The highest BCUT2D eigenvalue weighted by molar-refractivity contribution is 5.20. The van der Waals surface area contributed by atoms with Crippen molar-refractivity contribution in [1.29, 1.82) is 0 Å². The lowest BCUT2D eigenvalue weighted by Crippen LogP contribution is -2.38. The van der Waals surface area contributed by atoms with E-state index in [4.69, 9.17) is 0 Å². The van der Waals surface area contributed by atoms with Gasteiger partial charge in [0.05, 0.1) is 6.61 Å². The molecule has 1 aliphatic rings. The number of aliphatic hydroxyl groups is 1. The van der Waals surface area contributed by atoms with Gasteiger partial charge in [-0.2, -0.15) is 0 Å². The number of hydrogen-bond donors (Lipinski definition) is 1. The molecule has 0 bridgehead atoms. The van der Waals surface area contributed by atoms with E-state index in [1.165, 1.54) is 6.42 Å². The number of rotatable bonds is 2. The summed E-state index contributed by atoms with van der Waals surface area (Å²) in [5.74, 6) is 0. The minimum Gasteiger partial charge on any atom is -0.395 e. The molecule has 0 saturated heterocycles. The fourth-order valence-corrected chi connectivity index (χ4v) is 1.78. The highest BCUT2D eigenvalue weighted by Crippen LogP contribution is 2.41. The van der Waals surface area contributed by atoms with E-state index in [0.717, 1.165) is 18.5 Å². The molecule has 64 valence electrons. The van der Waals surface area contributed by atoms with E-state index >= 15 is 0 Å². The molecule has 0 amide bonds. The summed E-state index contributed by atoms with van der Waals surface area (Å²) in [5.41, 5.74) is 1.06. The molecule has 0 atom stereocenters. The minimum atomic E-state index is 0.00125. The van der Waals surface area contributed by atoms with Crippen molar-refractivity contribution in [3.05, 3.63) is 30.1 Å². The standard InChI is InChI=1S/C10H13NO/c12-8-10(5-3-6-10)9-4-1-2-7-11-9/h1-2,4,7,12H,3,5-6,8H2. The lowest BCUT2D eigenvalue weighted by Gasteiger charge is -2.39. The van der Waals surface area contributed by atoms with Crippen molar-refractivity contribution >= 4 is 0 Å². The average Bonchev–Trinajstić information content (AvgIpc) is 2.05. The number of nitrogens with zero attached hydrogens (tertiary/aromatic N) is 1. The van der Waals surface area contributed by atoms with Gasteiger partial charge in [0, 0.05) is 17.3 Å². The van der Waals surface area contributed by atoms with Crippen LogP contribution in [0.25, 0.3) is 0 Å². The number of aromatic nitrogens is 1. The average molecular weight is 163 g/mol. The van der Waals surface area contributed by atoms with Crippen LogP contribution in [0.15, 0.2) is 24.4 Å². The van der Waals surface area contributed by atoms with Gasteiger partial charge in [-0.1, -0.05) is 12.5 Å². The van der Waals surface area contributed by atoms with Crippen molar-refractivity contribution in [3.8, 4) is 0 Å². The molecule has 0 unspecified atom stereocenters. The maximum Gasteiger partial charge on any atom is 0.0543 e. The number of hydrogen-bond acceptors (Lipinski definition) is 2. The monoisotopic (exact) mass is 163 g/mol. The molecule has 2 rings (SSSR count). The second-order valence-corrected chi connectivity index (χ2v) is 3.51. The molecule has 1 aromatic rings. The summed E-state index contributed by atoms with van der Waals surface area (Å²) in [7, 11) is 0. The first kappa shape index (κ1) is 7.74. The summed E-state index contributed by atoms with van der Waals surface area (Å²) in [6.07, 6.45) is 5.18. The second-order valence-electron chi connectivity index (χ2n) is 3.51. The van der Waals surface area contributed by atoms with E-state index in [-0.39, 0.29) is 12.0 Å². The van der Waals surface area contributed by atoms with Crippen LogP contribution in [0.5, 0.6) is 0 Å². The summed E-state index contributed by atoms with van der Waals surface area (Å²) in [5, 5.41) is 9.25. The maximum absolute atomic E-state index is 9.25. The van der Waals surface area contributed by atoms with Crippen LogP contribution in [0.3, 0.4) is 0 Å². The number of aliphatic hydroxyl groups excluding tert-OH is 1. The first-order chi connectivity index (χ1) is 5.87. The normalized spacial score (nSPS) is 20.1. The molecule has 1 aromatic heterocycles. The Bertz CT molecular complexity index is 248. The molecule has 1 N–H and O–H groups in total. The van der Waals surface area contributed by atoms with Crippen LogP contribution in [-0.4, -0.2) is 16.7 Å². The van der Waals surface area contributed by atoms with Crippen LogP contribution in [0.1, 0.15) is 25.0 Å². The summed E-state index contributed by atoms with van der Waals surface area (Å²) < 4.78 is 0. The highest BCUT2D eigenvalue weighted by atomic mass is 16.3. The highest BCUT2D eigenvalue weighted by Gasteiger charge is 2.38. The van der Waals surface area contributed by atoms with Gasteiger partial charge in [0.25, 0.3) is 0 Å². The Hall–Kier alpha value is -0.890. The fourth-order valence-electron chi connectivity index (χ4n) is 1.78. The third-order valence-corrected chi connectivity index (χ3v) is 2.82. The maximum atomic E-state index is 9.25. The Morgan fingerprint density at radius 2 is 2.25 bits per heavy atom. The lowest BCUT2D eigenvalue weighted by atomic mass is 9.67. The van der Waals surface area contributed by atoms with Crippen LogP contribution < -0.4 is 0 Å². The van der Waals surface area contributed by atoms with E-state index in [1.54, 1.807) is 6.20 Å². The third-order valence-electron chi connectivity index (χ3n) is 2.82. The zero-order chi connectivity index (χ0) is 8.44. The molecule has 1 saturated carbocycles. The van der Waals surface area contributed by atoms with Crippen molar-refractivity contribution in [2.75, 3.05) is 6.61 Å². The minimum absolute atomic E-state index is 0.00125. The Balaban J connectivity index is 2.28. The van der Waals surface area contributed by atoms with Gasteiger partial charge < -0.3 is 5.11 Å². The van der Waals surface area contributed by atoms with Crippen LogP contribution in [0.2, 0.25) is 0 Å². The van der Waals surface area contributed by atoms with Crippen LogP contribution in [0.4, 0.5) is 0 Å². The Morgan fingerprint density at radius 1 is 1.42 bits per heavy atom. The van der Waals surface area contributed by atoms with Gasteiger partial charge in [-0.15, -0.1) is 0 Å². The molecular formula is C10H13NO. The van der Waals surface area contributed by atoms with Gasteiger partial charge in [-0.3, -0.25) is 4.98 Å². The van der Waals surface area contributed by atoms with Gasteiger partial charge in [0.1, 0.15) is 0 Å². The molecular weight excluding hydrogens is 150 g/mol. The zero-order valence-corrected chi connectivity index (χ0v) is 7.03. The van der Waals surface area contributed by atoms with E-state index in [9.17, 15) is 5.11 Å². The van der Waals surface area contributed by atoms with E-state index in [1.807, 2.05) is 18.2 Å². The van der Waals surface area contributed by atoms with Crippen molar-refractivity contribution < 1.29 is 5.11 Å². The SMILES string of the molecule is OCC1(c2ccccn2)CCC1. The van der Waals surface area contributed by atoms with Crippen molar-refractivity contribution in [3.63, 3.8) is 0 Å². The molecule has 1 fully saturated rings. The van der Waals surface area contributed by atoms with Crippen molar-refractivity contribution in [1.82, 2.24) is 4.98 Å².